The van der Waals surface area contributed by atoms with Crippen molar-refractivity contribution in [2.45, 2.75) is 46.1 Å². The highest BCUT2D eigenvalue weighted by atomic mass is 15.2. The first kappa shape index (κ1) is 8.55. The summed E-state index contributed by atoms with van der Waals surface area (Å²) in [5, 5.41) is 0. The van der Waals surface area contributed by atoms with Crippen LogP contribution in [0.3, 0.4) is 0 Å². The molecular formula is C11H21N. The Labute approximate surface area is 76.1 Å². The Balaban J connectivity index is 2.08. The Hall–Kier alpha value is -0.0400. The van der Waals surface area contributed by atoms with Crippen molar-refractivity contribution in [3.05, 3.63) is 0 Å². The van der Waals surface area contributed by atoms with Crippen LogP contribution in [0.15, 0.2) is 0 Å². The maximum Gasteiger partial charge on any atom is 0.0147 e. The molecule has 1 spiro atoms. The molecule has 0 aromatic heterocycles. The molecule has 0 bridgehead atoms. The van der Waals surface area contributed by atoms with Gasteiger partial charge in [-0.15, -0.1) is 0 Å². The molecule has 1 nitrogen and oxygen atoms in total. The molecule has 2 fully saturated rings. The van der Waals surface area contributed by atoms with E-state index in [2.05, 4.69) is 32.7 Å². The number of hydrogen-bond acceptors (Lipinski definition) is 1. The van der Waals surface area contributed by atoms with Crippen LogP contribution in [0.2, 0.25) is 0 Å². The van der Waals surface area contributed by atoms with Crippen LogP contribution >= 0.6 is 0 Å². The zero-order valence-corrected chi connectivity index (χ0v) is 8.85. The van der Waals surface area contributed by atoms with E-state index in [0.717, 1.165) is 11.5 Å². The van der Waals surface area contributed by atoms with Crippen molar-refractivity contribution >= 4 is 0 Å². The monoisotopic (exact) mass is 167 g/mol. The Bertz CT molecular complexity index is 186. The number of rotatable bonds is 0. The van der Waals surface area contributed by atoms with E-state index >= 15 is 0 Å². The summed E-state index contributed by atoms with van der Waals surface area (Å²) in [5.74, 6) is 0. The number of hydrogen-bond donors (Lipinski definition) is 0. The van der Waals surface area contributed by atoms with E-state index in [1.807, 2.05) is 0 Å². The van der Waals surface area contributed by atoms with Gasteiger partial charge in [-0.2, -0.15) is 0 Å². The normalized spacial score (nSPS) is 34.5. The molecule has 2 aliphatic rings. The molecule has 1 aliphatic carbocycles. The predicted octanol–water partition coefficient (Wildman–Crippen LogP) is 2.52. The molecule has 0 N–H and O–H groups in total. The first-order chi connectivity index (χ1) is 5.43. The summed E-state index contributed by atoms with van der Waals surface area (Å²) in [6.45, 7) is 8.47. The molecule has 0 amide bonds. The van der Waals surface area contributed by atoms with E-state index in [9.17, 15) is 0 Å². The number of nitrogens with zero attached hydrogens (tertiary/aromatic N) is 1. The summed E-state index contributed by atoms with van der Waals surface area (Å²) in [6.07, 6.45) is 4.43. The van der Waals surface area contributed by atoms with Crippen molar-refractivity contribution in [1.29, 1.82) is 0 Å². The van der Waals surface area contributed by atoms with Crippen molar-refractivity contribution in [2.75, 3.05) is 13.6 Å². The summed E-state index contributed by atoms with van der Waals surface area (Å²) < 4.78 is 0. The van der Waals surface area contributed by atoms with Crippen LogP contribution in [0.25, 0.3) is 0 Å². The SMILES string of the molecule is CN1CC2(CC2)CC1C(C)(C)C. The lowest BCUT2D eigenvalue weighted by Gasteiger charge is -2.32. The molecule has 1 heteroatoms. The summed E-state index contributed by atoms with van der Waals surface area (Å²) in [6, 6.07) is 0.819. The van der Waals surface area contributed by atoms with E-state index in [0.29, 0.717) is 5.41 Å². The van der Waals surface area contributed by atoms with E-state index in [1.165, 1.54) is 25.8 Å². The van der Waals surface area contributed by atoms with Gasteiger partial charge >= 0.3 is 0 Å². The van der Waals surface area contributed by atoms with E-state index < -0.39 is 0 Å². The topological polar surface area (TPSA) is 3.24 Å². The predicted molar refractivity (Wildman–Crippen MR) is 52.2 cm³/mol. The highest BCUT2D eigenvalue weighted by Crippen LogP contribution is 2.56. The van der Waals surface area contributed by atoms with Crippen molar-refractivity contribution in [3.63, 3.8) is 0 Å². The standard InChI is InChI=1S/C11H21N/c1-10(2,3)9-7-11(5-6-11)8-12(9)4/h9H,5-8H2,1-4H3. The molecule has 0 radical (unpaired) electrons. The average Bonchev–Trinajstić information content (AvgIpc) is 2.51. The van der Waals surface area contributed by atoms with Crippen LogP contribution < -0.4 is 0 Å². The van der Waals surface area contributed by atoms with Gasteiger partial charge in [-0.1, -0.05) is 20.8 Å². The lowest BCUT2D eigenvalue weighted by atomic mass is 9.83. The second-order valence-electron chi connectivity index (χ2n) is 6.00. The molecule has 1 saturated carbocycles. The summed E-state index contributed by atoms with van der Waals surface area (Å²) >= 11 is 0. The van der Waals surface area contributed by atoms with Crippen molar-refractivity contribution in [2.24, 2.45) is 10.8 Å². The van der Waals surface area contributed by atoms with Crippen LogP contribution in [0.1, 0.15) is 40.0 Å². The first-order valence-electron chi connectivity index (χ1n) is 5.13. The van der Waals surface area contributed by atoms with Gasteiger partial charge in [0.15, 0.2) is 0 Å². The smallest absolute Gasteiger partial charge is 0.0147 e. The Morgan fingerprint density at radius 1 is 1.25 bits per heavy atom. The van der Waals surface area contributed by atoms with E-state index in [-0.39, 0.29) is 0 Å². The molecule has 1 heterocycles. The maximum absolute atomic E-state index is 2.58. The highest BCUT2D eigenvalue weighted by Gasteiger charge is 2.52. The molecule has 1 atom stereocenters. The molecule has 1 unspecified atom stereocenters. The summed E-state index contributed by atoms with van der Waals surface area (Å²) in [4.78, 5) is 2.58. The van der Waals surface area contributed by atoms with Gasteiger partial charge in [0.2, 0.25) is 0 Å². The van der Waals surface area contributed by atoms with Gasteiger partial charge in [0.25, 0.3) is 0 Å². The fourth-order valence-corrected chi connectivity index (χ4v) is 2.78. The van der Waals surface area contributed by atoms with Gasteiger partial charge in [-0.25, -0.2) is 0 Å². The van der Waals surface area contributed by atoms with Crippen LogP contribution in [0, 0.1) is 10.8 Å². The lowest BCUT2D eigenvalue weighted by Crippen LogP contribution is -2.36. The highest BCUT2D eigenvalue weighted by molar-refractivity contribution is 5.06. The second kappa shape index (κ2) is 2.25. The molecule has 0 aromatic rings. The third kappa shape index (κ3) is 1.28. The molecule has 2 rings (SSSR count). The fraction of sp³-hybridized carbons (Fsp3) is 1.00. The third-order valence-corrected chi connectivity index (χ3v) is 3.70. The minimum Gasteiger partial charge on any atom is -0.302 e. The largest absolute Gasteiger partial charge is 0.302 e. The first-order valence-corrected chi connectivity index (χ1v) is 5.13. The average molecular weight is 167 g/mol. The van der Waals surface area contributed by atoms with E-state index in [4.69, 9.17) is 0 Å². The zero-order chi connectivity index (χ0) is 8.98. The molecule has 70 valence electrons. The zero-order valence-electron chi connectivity index (χ0n) is 8.85. The molecule has 1 aliphatic heterocycles. The van der Waals surface area contributed by atoms with Gasteiger partial charge in [0.05, 0.1) is 0 Å². The Morgan fingerprint density at radius 2 is 1.83 bits per heavy atom. The van der Waals surface area contributed by atoms with E-state index in [1.54, 1.807) is 0 Å². The summed E-state index contributed by atoms with van der Waals surface area (Å²) in [5.41, 5.74) is 1.24. The van der Waals surface area contributed by atoms with Crippen molar-refractivity contribution in [1.82, 2.24) is 4.90 Å². The van der Waals surface area contributed by atoms with Gasteiger partial charge in [0.1, 0.15) is 0 Å². The number of likely N-dealkylation sites (tertiary alicyclic amines) is 1. The Kier molecular flexibility index (Phi) is 1.61. The Morgan fingerprint density at radius 3 is 2.08 bits per heavy atom. The van der Waals surface area contributed by atoms with Crippen LogP contribution in [-0.4, -0.2) is 24.5 Å². The van der Waals surface area contributed by atoms with Crippen LogP contribution in [-0.2, 0) is 0 Å². The van der Waals surface area contributed by atoms with Gasteiger partial charge in [-0.05, 0) is 37.1 Å². The quantitative estimate of drug-likeness (QED) is 0.536. The van der Waals surface area contributed by atoms with Crippen LogP contribution in [0.4, 0.5) is 0 Å². The second-order valence-corrected chi connectivity index (χ2v) is 6.00. The fourth-order valence-electron chi connectivity index (χ4n) is 2.78. The molecular weight excluding hydrogens is 146 g/mol. The van der Waals surface area contributed by atoms with Crippen molar-refractivity contribution < 1.29 is 0 Å². The molecule has 1 saturated heterocycles. The minimum absolute atomic E-state index is 0.473. The van der Waals surface area contributed by atoms with Gasteiger partial charge in [-0.3, -0.25) is 0 Å². The van der Waals surface area contributed by atoms with Crippen LogP contribution in [0.5, 0.6) is 0 Å². The maximum atomic E-state index is 2.58. The summed E-state index contributed by atoms with van der Waals surface area (Å²) in [7, 11) is 2.29. The van der Waals surface area contributed by atoms with Gasteiger partial charge in [0, 0.05) is 12.6 Å². The van der Waals surface area contributed by atoms with Gasteiger partial charge < -0.3 is 4.90 Å². The lowest BCUT2D eigenvalue weighted by molar-refractivity contribution is 0.169. The molecule has 12 heavy (non-hydrogen) atoms. The third-order valence-electron chi connectivity index (χ3n) is 3.70. The molecule has 0 aromatic carbocycles. The minimum atomic E-state index is 0.473. The van der Waals surface area contributed by atoms with Crippen molar-refractivity contribution in [3.8, 4) is 0 Å².